The predicted octanol–water partition coefficient (Wildman–Crippen LogP) is 8.02. The maximum atomic E-state index is 2.36. The van der Waals surface area contributed by atoms with E-state index in [4.69, 9.17) is 0 Å². The molecule has 1 rings (SSSR count). The van der Waals surface area contributed by atoms with Crippen LogP contribution in [0, 0.1) is 0 Å². The molecule has 0 fully saturated rings. The van der Waals surface area contributed by atoms with Gasteiger partial charge in [0.25, 0.3) is 0 Å². The van der Waals surface area contributed by atoms with E-state index in [1.54, 1.807) is 8.47 Å². The lowest BCUT2D eigenvalue weighted by atomic mass is 10.4. The third kappa shape index (κ3) is 6.14. The molecular formula is C17H34PS4+. The first-order valence-electron chi connectivity index (χ1n) is 8.68. The Kier molecular flexibility index (Phi) is 11.8. The highest BCUT2D eigenvalue weighted by molar-refractivity contribution is 8.41. The SMILES string of the molecule is CCCC[P+](CCCC)(CCCC)C1SC(SC)=C(SC)S1. The molecule has 22 heavy (non-hydrogen) atoms. The van der Waals surface area contributed by atoms with Crippen LogP contribution in [0.2, 0.25) is 0 Å². The topological polar surface area (TPSA) is 0 Å². The maximum absolute atomic E-state index is 2.36. The molecule has 0 bridgehead atoms. The highest BCUT2D eigenvalue weighted by Crippen LogP contribution is 2.76. The molecule has 1 aliphatic rings. The molecule has 1 aliphatic heterocycles. The van der Waals surface area contributed by atoms with E-state index in [1.165, 1.54) is 57.0 Å². The minimum absolute atomic E-state index is 0.837. The average molecular weight is 398 g/mol. The Bertz CT molecular complexity index is 306. The molecule has 0 N–H and O–H groups in total. The first-order valence-corrected chi connectivity index (χ1v) is 15.3. The van der Waals surface area contributed by atoms with E-state index in [9.17, 15) is 0 Å². The molecule has 130 valence electrons. The van der Waals surface area contributed by atoms with Gasteiger partial charge < -0.3 is 0 Å². The van der Waals surface area contributed by atoms with E-state index in [-0.39, 0.29) is 0 Å². The summed E-state index contributed by atoms with van der Waals surface area (Å²) < 4.78 is 4.08. The van der Waals surface area contributed by atoms with Crippen molar-refractivity contribution in [1.29, 1.82) is 0 Å². The molecule has 0 aromatic rings. The van der Waals surface area contributed by atoms with Crippen molar-refractivity contribution in [2.45, 2.75) is 63.6 Å². The largest absolute Gasteiger partial charge is 0.169 e. The Morgan fingerprint density at radius 1 is 0.773 bits per heavy atom. The summed E-state index contributed by atoms with van der Waals surface area (Å²) in [6, 6.07) is 0. The molecule has 0 atom stereocenters. The van der Waals surface area contributed by atoms with E-state index >= 15 is 0 Å². The monoisotopic (exact) mass is 397 g/mol. The second-order valence-electron chi connectivity index (χ2n) is 5.98. The predicted molar refractivity (Wildman–Crippen MR) is 119 cm³/mol. The van der Waals surface area contributed by atoms with Crippen LogP contribution < -0.4 is 0 Å². The first-order chi connectivity index (χ1) is 10.7. The minimum atomic E-state index is -0.837. The van der Waals surface area contributed by atoms with Gasteiger partial charge in [-0.3, -0.25) is 0 Å². The molecule has 0 nitrogen and oxygen atoms in total. The fraction of sp³-hybridized carbons (Fsp3) is 0.882. The lowest BCUT2D eigenvalue weighted by molar-refractivity contribution is 0.836. The van der Waals surface area contributed by atoms with Gasteiger partial charge in [0.15, 0.2) is 4.32 Å². The molecular weight excluding hydrogens is 363 g/mol. The first kappa shape index (κ1) is 21.6. The molecule has 0 aromatic carbocycles. The van der Waals surface area contributed by atoms with Crippen molar-refractivity contribution >= 4 is 54.3 Å². The molecule has 0 amide bonds. The van der Waals surface area contributed by atoms with E-state index in [0.717, 1.165) is 4.32 Å². The van der Waals surface area contributed by atoms with Gasteiger partial charge in [-0.15, -0.1) is 23.5 Å². The molecule has 0 spiro atoms. The zero-order valence-corrected chi connectivity index (χ0v) is 19.2. The van der Waals surface area contributed by atoms with Gasteiger partial charge in [-0.2, -0.15) is 0 Å². The molecule has 0 saturated carbocycles. The van der Waals surface area contributed by atoms with Gasteiger partial charge in [-0.25, -0.2) is 0 Å². The Morgan fingerprint density at radius 3 is 1.41 bits per heavy atom. The van der Waals surface area contributed by atoms with Crippen molar-refractivity contribution in [3.8, 4) is 0 Å². The molecule has 0 aliphatic carbocycles. The Labute approximate surface area is 156 Å². The van der Waals surface area contributed by atoms with Crippen molar-refractivity contribution in [1.82, 2.24) is 0 Å². The second kappa shape index (κ2) is 12.0. The summed E-state index contributed by atoms with van der Waals surface area (Å²) in [5.74, 6) is 0. The van der Waals surface area contributed by atoms with Crippen LogP contribution in [-0.4, -0.2) is 35.3 Å². The van der Waals surface area contributed by atoms with Gasteiger partial charge in [0.1, 0.15) is 0 Å². The summed E-state index contributed by atoms with van der Waals surface area (Å²) >= 11 is 8.42. The Morgan fingerprint density at radius 2 is 1.14 bits per heavy atom. The van der Waals surface area contributed by atoms with E-state index in [0.29, 0.717) is 0 Å². The smallest absolute Gasteiger partial charge is 0.121 e. The zero-order chi connectivity index (χ0) is 16.4. The summed E-state index contributed by atoms with van der Waals surface area (Å²) in [7, 11) is -0.837. The van der Waals surface area contributed by atoms with E-state index in [1.807, 2.05) is 23.5 Å². The average Bonchev–Trinajstić information content (AvgIpc) is 2.98. The molecule has 0 aromatic heterocycles. The van der Waals surface area contributed by atoms with Gasteiger partial charge in [0, 0.05) is 7.26 Å². The summed E-state index contributed by atoms with van der Waals surface area (Å²) in [6.45, 7) is 7.09. The van der Waals surface area contributed by atoms with Crippen molar-refractivity contribution in [3.63, 3.8) is 0 Å². The van der Waals surface area contributed by atoms with Gasteiger partial charge in [-0.05, 0) is 31.8 Å². The number of thioether (sulfide) groups is 4. The van der Waals surface area contributed by atoms with Gasteiger partial charge in [0.05, 0.1) is 27.0 Å². The maximum Gasteiger partial charge on any atom is 0.169 e. The van der Waals surface area contributed by atoms with Gasteiger partial charge in [-0.1, -0.05) is 63.6 Å². The van der Waals surface area contributed by atoms with Crippen LogP contribution in [0.5, 0.6) is 0 Å². The third-order valence-electron chi connectivity index (χ3n) is 4.27. The summed E-state index contributed by atoms with van der Waals surface area (Å²) in [4.78, 5) is 0. The highest BCUT2D eigenvalue weighted by Gasteiger charge is 2.48. The van der Waals surface area contributed by atoms with Crippen LogP contribution >= 0.6 is 54.3 Å². The fourth-order valence-electron chi connectivity index (χ4n) is 2.86. The standard InChI is InChI=1S/C17H34PS4/c1-6-9-12-18(13-10-7-2,14-11-8-3)17-21-15(19-4)16(20-5)22-17/h17H,6-14H2,1-5H3/q+1. The van der Waals surface area contributed by atoms with E-state index in [2.05, 4.69) is 56.8 Å². The summed E-state index contributed by atoms with van der Waals surface area (Å²) in [5.41, 5.74) is 0. The van der Waals surface area contributed by atoms with E-state index < -0.39 is 7.26 Å². The third-order valence-corrected chi connectivity index (χ3v) is 17.2. The Balaban J connectivity index is 2.91. The number of unbranched alkanes of at least 4 members (excludes halogenated alkanes) is 3. The fourth-order valence-corrected chi connectivity index (χ4v) is 16.7. The summed E-state index contributed by atoms with van der Waals surface area (Å²) in [5, 5.41) is 0. The van der Waals surface area contributed by atoms with Crippen LogP contribution in [0.15, 0.2) is 8.47 Å². The molecule has 0 radical (unpaired) electrons. The number of hydrogen-bond acceptors (Lipinski definition) is 4. The van der Waals surface area contributed by atoms with Crippen LogP contribution in [-0.2, 0) is 0 Å². The number of rotatable bonds is 12. The van der Waals surface area contributed by atoms with Crippen molar-refractivity contribution in [2.24, 2.45) is 0 Å². The van der Waals surface area contributed by atoms with Gasteiger partial charge in [0.2, 0.25) is 0 Å². The van der Waals surface area contributed by atoms with Crippen molar-refractivity contribution in [3.05, 3.63) is 8.47 Å². The molecule has 1 heterocycles. The Hall–Kier alpha value is 1.57. The molecule has 0 saturated heterocycles. The van der Waals surface area contributed by atoms with Gasteiger partial charge >= 0.3 is 0 Å². The quantitative estimate of drug-likeness (QED) is 0.306. The summed E-state index contributed by atoms with van der Waals surface area (Å²) in [6.07, 6.45) is 17.6. The second-order valence-corrected chi connectivity index (χ2v) is 15.6. The van der Waals surface area contributed by atoms with Crippen LogP contribution in [0.3, 0.4) is 0 Å². The van der Waals surface area contributed by atoms with Crippen LogP contribution in [0.25, 0.3) is 0 Å². The molecule has 0 unspecified atom stereocenters. The lowest BCUT2D eigenvalue weighted by Crippen LogP contribution is -2.16. The highest BCUT2D eigenvalue weighted by atomic mass is 32.3. The molecule has 5 heteroatoms. The lowest BCUT2D eigenvalue weighted by Gasteiger charge is -2.32. The normalized spacial score (nSPS) is 16.8. The zero-order valence-electron chi connectivity index (χ0n) is 15.0. The number of hydrogen-bond donors (Lipinski definition) is 0. The van der Waals surface area contributed by atoms with Crippen LogP contribution in [0.1, 0.15) is 59.3 Å². The van der Waals surface area contributed by atoms with Crippen molar-refractivity contribution < 1.29 is 0 Å². The van der Waals surface area contributed by atoms with Crippen LogP contribution in [0.4, 0.5) is 0 Å². The minimum Gasteiger partial charge on any atom is -0.121 e. The van der Waals surface area contributed by atoms with Crippen molar-refractivity contribution in [2.75, 3.05) is 31.0 Å².